The Morgan fingerprint density at radius 1 is 1.04 bits per heavy atom. The second kappa shape index (κ2) is 8.08. The molecule has 3 aromatic rings. The van der Waals surface area contributed by atoms with Gasteiger partial charge < -0.3 is 10.6 Å². The van der Waals surface area contributed by atoms with Crippen LogP contribution in [0.1, 0.15) is 17.0 Å². The standard InChI is InChI=1S/C20H18FN5/c1-14-24-19(23-10-9-15-5-7-17(21)8-6-15)12-20(25-14)26-18-4-2-3-16(11-18)13-22/h2-8,11-12H,9-10H2,1H3,(H2,23,24,25,26). The van der Waals surface area contributed by atoms with E-state index in [-0.39, 0.29) is 5.82 Å². The summed E-state index contributed by atoms with van der Waals surface area (Å²) < 4.78 is 12.9. The molecule has 0 aliphatic rings. The smallest absolute Gasteiger partial charge is 0.136 e. The number of hydrogen-bond donors (Lipinski definition) is 2. The summed E-state index contributed by atoms with van der Waals surface area (Å²) in [6, 6.07) is 17.6. The van der Waals surface area contributed by atoms with Gasteiger partial charge in [-0.3, -0.25) is 0 Å². The zero-order valence-corrected chi connectivity index (χ0v) is 14.3. The first-order chi connectivity index (χ1) is 12.6. The van der Waals surface area contributed by atoms with Gasteiger partial charge in [0.25, 0.3) is 0 Å². The fourth-order valence-electron chi connectivity index (χ4n) is 2.52. The Morgan fingerprint density at radius 2 is 1.81 bits per heavy atom. The molecule has 0 fully saturated rings. The Labute approximate surface area is 151 Å². The molecule has 0 atom stereocenters. The first-order valence-corrected chi connectivity index (χ1v) is 8.23. The molecule has 6 heteroatoms. The second-order valence-electron chi connectivity index (χ2n) is 5.81. The van der Waals surface area contributed by atoms with Crippen LogP contribution in [0.4, 0.5) is 21.7 Å². The number of benzene rings is 2. The molecule has 0 spiro atoms. The van der Waals surface area contributed by atoms with Gasteiger partial charge >= 0.3 is 0 Å². The lowest BCUT2D eigenvalue weighted by Gasteiger charge is -2.10. The van der Waals surface area contributed by atoms with E-state index in [1.165, 1.54) is 12.1 Å². The molecule has 2 aromatic carbocycles. The van der Waals surface area contributed by atoms with Crippen LogP contribution in [0, 0.1) is 24.1 Å². The zero-order chi connectivity index (χ0) is 18.4. The summed E-state index contributed by atoms with van der Waals surface area (Å²) >= 11 is 0. The average Bonchev–Trinajstić information content (AvgIpc) is 2.63. The van der Waals surface area contributed by atoms with Crippen LogP contribution in [-0.4, -0.2) is 16.5 Å². The van der Waals surface area contributed by atoms with Crippen molar-refractivity contribution in [3.05, 3.63) is 77.4 Å². The molecule has 0 bridgehead atoms. The van der Waals surface area contributed by atoms with Crippen molar-refractivity contribution < 1.29 is 4.39 Å². The summed E-state index contributed by atoms with van der Waals surface area (Å²) in [4.78, 5) is 8.75. The quantitative estimate of drug-likeness (QED) is 0.699. The Kier molecular flexibility index (Phi) is 5.40. The molecular weight excluding hydrogens is 329 g/mol. The summed E-state index contributed by atoms with van der Waals surface area (Å²) in [6.07, 6.45) is 0.760. The maximum absolute atomic E-state index is 12.9. The lowest BCUT2D eigenvalue weighted by atomic mass is 10.1. The molecule has 26 heavy (non-hydrogen) atoms. The monoisotopic (exact) mass is 347 g/mol. The average molecular weight is 347 g/mol. The first kappa shape index (κ1) is 17.4. The Bertz CT molecular complexity index is 932. The largest absolute Gasteiger partial charge is 0.370 e. The van der Waals surface area contributed by atoms with E-state index < -0.39 is 0 Å². The summed E-state index contributed by atoms with van der Waals surface area (Å²) in [6.45, 7) is 2.49. The molecular formula is C20H18FN5. The van der Waals surface area contributed by atoms with E-state index in [1.54, 1.807) is 24.3 Å². The lowest BCUT2D eigenvalue weighted by Crippen LogP contribution is -2.08. The van der Waals surface area contributed by atoms with Crippen molar-refractivity contribution in [1.82, 2.24) is 9.97 Å². The third kappa shape index (κ3) is 4.77. The number of anilines is 3. The van der Waals surface area contributed by atoms with Gasteiger partial charge in [-0.15, -0.1) is 0 Å². The first-order valence-electron chi connectivity index (χ1n) is 8.23. The molecule has 3 rings (SSSR count). The SMILES string of the molecule is Cc1nc(NCCc2ccc(F)cc2)cc(Nc2cccc(C#N)c2)n1. The molecule has 0 aliphatic heterocycles. The Hall–Kier alpha value is -3.46. The van der Waals surface area contributed by atoms with E-state index >= 15 is 0 Å². The van der Waals surface area contributed by atoms with Gasteiger partial charge in [0, 0.05) is 18.3 Å². The van der Waals surface area contributed by atoms with Crippen LogP contribution in [0.15, 0.2) is 54.6 Å². The topological polar surface area (TPSA) is 73.6 Å². The fourth-order valence-corrected chi connectivity index (χ4v) is 2.52. The number of hydrogen-bond acceptors (Lipinski definition) is 5. The van der Waals surface area contributed by atoms with Gasteiger partial charge in [0.2, 0.25) is 0 Å². The van der Waals surface area contributed by atoms with Gasteiger partial charge in [-0.05, 0) is 49.2 Å². The van der Waals surface area contributed by atoms with Crippen LogP contribution in [0.5, 0.6) is 0 Å². The van der Waals surface area contributed by atoms with E-state index in [1.807, 2.05) is 25.1 Å². The molecule has 0 aliphatic carbocycles. The van der Waals surface area contributed by atoms with Crippen LogP contribution in [0.3, 0.4) is 0 Å². The van der Waals surface area contributed by atoms with Crippen molar-refractivity contribution >= 4 is 17.3 Å². The van der Waals surface area contributed by atoms with Crippen LogP contribution in [0.2, 0.25) is 0 Å². The molecule has 1 aromatic heterocycles. The predicted molar refractivity (Wildman–Crippen MR) is 99.8 cm³/mol. The highest BCUT2D eigenvalue weighted by atomic mass is 19.1. The molecule has 0 amide bonds. The van der Waals surface area contributed by atoms with Crippen molar-refractivity contribution in [2.45, 2.75) is 13.3 Å². The minimum atomic E-state index is -0.232. The van der Waals surface area contributed by atoms with E-state index in [0.29, 0.717) is 29.6 Å². The van der Waals surface area contributed by atoms with E-state index in [0.717, 1.165) is 17.7 Å². The number of aryl methyl sites for hydroxylation is 1. The third-order valence-electron chi connectivity index (χ3n) is 3.74. The molecule has 1 heterocycles. The number of nitrogens with zero attached hydrogens (tertiary/aromatic N) is 3. The summed E-state index contributed by atoms with van der Waals surface area (Å²) in [5.74, 6) is 1.76. The van der Waals surface area contributed by atoms with Crippen LogP contribution in [-0.2, 0) is 6.42 Å². The number of nitrogens with one attached hydrogen (secondary N) is 2. The maximum Gasteiger partial charge on any atom is 0.136 e. The number of rotatable bonds is 6. The summed E-state index contributed by atoms with van der Waals surface area (Å²) in [5.41, 5.74) is 2.43. The van der Waals surface area contributed by atoms with Crippen molar-refractivity contribution in [1.29, 1.82) is 5.26 Å². The highest BCUT2D eigenvalue weighted by Gasteiger charge is 2.04. The van der Waals surface area contributed by atoms with Crippen LogP contribution < -0.4 is 10.6 Å². The molecule has 0 unspecified atom stereocenters. The second-order valence-corrected chi connectivity index (χ2v) is 5.81. The van der Waals surface area contributed by atoms with Crippen LogP contribution in [0.25, 0.3) is 0 Å². The normalized spacial score (nSPS) is 10.2. The van der Waals surface area contributed by atoms with E-state index in [9.17, 15) is 4.39 Å². The van der Waals surface area contributed by atoms with Crippen LogP contribution >= 0.6 is 0 Å². The highest BCUT2D eigenvalue weighted by Crippen LogP contribution is 2.18. The molecule has 0 saturated carbocycles. The van der Waals surface area contributed by atoms with Gasteiger partial charge in [-0.1, -0.05) is 18.2 Å². The van der Waals surface area contributed by atoms with E-state index in [4.69, 9.17) is 5.26 Å². The van der Waals surface area contributed by atoms with Crippen molar-refractivity contribution in [2.75, 3.05) is 17.2 Å². The summed E-state index contributed by atoms with van der Waals surface area (Å²) in [7, 11) is 0. The molecule has 5 nitrogen and oxygen atoms in total. The minimum absolute atomic E-state index is 0.232. The third-order valence-corrected chi connectivity index (χ3v) is 3.74. The summed E-state index contributed by atoms with van der Waals surface area (Å²) in [5, 5.41) is 15.4. The fraction of sp³-hybridized carbons (Fsp3) is 0.150. The Balaban J connectivity index is 1.65. The van der Waals surface area contributed by atoms with Crippen molar-refractivity contribution in [3.8, 4) is 6.07 Å². The van der Waals surface area contributed by atoms with E-state index in [2.05, 4.69) is 26.7 Å². The zero-order valence-electron chi connectivity index (χ0n) is 14.3. The highest BCUT2D eigenvalue weighted by molar-refractivity contribution is 5.60. The predicted octanol–water partition coefficient (Wildman–Crippen LogP) is 4.19. The van der Waals surface area contributed by atoms with Gasteiger partial charge in [-0.2, -0.15) is 5.26 Å². The van der Waals surface area contributed by atoms with Gasteiger partial charge in [-0.25, -0.2) is 14.4 Å². The Morgan fingerprint density at radius 3 is 2.58 bits per heavy atom. The van der Waals surface area contributed by atoms with Crippen molar-refractivity contribution in [2.24, 2.45) is 0 Å². The molecule has 130 valence electrons. The van der Waals surface area contributed by atoms with Gasteiger partial charge in [0.05, 0.1) is 11.6 Å². The molecule has 0 saturated heterocycles. The molecule has 2 N–H and O–H groups in total. The minimum Gasteiger partial charge on any atom is -0.370 e. The number of nitriles is 1. The molecule has 0 radical (unpaired) electrons. The maximum atomic E-state index is 12.9. The van der Waals surface area contributed by atoms with Crippen molar-refractivity contribution in [3.63, 3.8) is 0 Å². The number of aromatic nitrogens is 2. The van der Waals surface area contributed by atoms with Gasteiger partial charge in [0.15, 0.2) is 0 Å². The van der Waals surface area contributed by atoms with Gasteiger partial charge in [0.1, 0.15) is 23.3 Å². The lowest BCUT2D eigenvalue weighted by molar-refractivity contribution is 0.627. The number of halogens is 1.